The number of hydrogen-bond donors (Lipinski definition) is 0. The summed E-state index contributed by atoms with van der Waals surface area (Å²) in [7, 11) is 3.55. The molecule has 4 heteroatoms. The van der Waals surface area contributed by atoms with Crippen molar-refractivity contribution in [2.45, 2.75) is 19.3 Å². The molecule has 1 aliphatic heterocycles. The molecule has 92 valence electrons. The third-order valence-electron chi connectivity index (χ3n) is 2.95. The minimum atomic E-state index is 0.134. The van der Waals surface area contributed by atoms with Gasteiger partial charge >= 0.3 is 0 Å². The van der Waals surface area contributed by atoms with E-state index in [0.29, 0.717) is 6.42 Å². The molecule has 0 saturated carbocycles. The minimum Gasteiger partial charge on any atom is -0.454 e. The number of carbonyl (C=O) groups excluding carboxylic acids is 1. The van der Waals surface area contributed by atoms with Crippen molar-refractivity contribution in [3.8, 4) is 11.5 Å². The lowest BCUT2D eigenvalue weighted by atomic mass is 9.97. The minimum absolute atomic E-state index is 0.134. The molecule has 1 amide bonds. The van der Waals surface area contributed by atoms with Gasteiger partial charge in [-0.05, 0) is 23.6 Å². The lowest BCUT2D eigenvalue weighted by Gasteiger charge is -2.15. The van der Waals surface area contributed by atoms with Crippen LogP contribution in [0.15, 0.2) is 18.2 Å². The van der Waals surface area contributed by atoms with Crippen LogP contribution in [0.4, 0.5) is 0 Å². The van der Waals surface area contributed by atoms with Crippen LogP contribution in [0.2, 0.25) is 0 Å². The number of rotatable bonds is 3. The second-order valence-electron chi connectivity index (χ2n) is 4.51. The SMILES string of the molecule is C[C@@H](CC(=O)N(C)C)c1ccc2c(c1)OCO2. The smallest absolute Gasteiger partial charge is 0.231 e. The molecular weight excluding hydrogens is 218 g/mol. The van der Waals surface area contributed by atoms with Gasteiger partial charge in [-0.2, -0.15) is 0 Å². The summed E-state index contributed by atoms with van der Waals surface area (Å²) in [4.78, 5) is 13.2. The summed E-state index contributed by atoms with van der Waals surface area (Å²) in [5.41, 5.74) is 1.10. The molecule has 0 radical (unpaired) electrons. The first-order chi connectivity index (χ1) is 8.08. The van der Waals surface area contributed by atoms with Crippen LogP contribution in [-0.2, 0) is 4.79 Å². The Morgan fingerprint density at radius 2 is 2.06 bits per heavy atom. The topological polar surface area (TPSA) is 38.8 Å². The standard InChI is InChI=1S/C13H17NO3/c1-9(6-13(15)14(2)3)10-4-5-11-12(7-10)17-8-16-11/h4-5,7,9H,6,8H2,1-3H3/t9-/m0/s1. The number of amides is 1. The van der Waals surface area contributed by atoms with Crippen LogP contribution in [0, 0.1) is 0 Å². The van der Waals surface area contributed by atoms with Crippen molar-refractivity contribution in [2.24, 2.45) is 0 Å². The molecule has 17 heavy (non-hydrogen) atoms. The molecular formula is C13H17NO3. The summed E-state index contributed by atoms with van der Waals surface area (Å²) < 4.78 is 10.6. The van der Waals surface area contributed by atoms with E-state index in [9.17, 15) is 4.79 Å². The van der Waals surface area contributed by atoms with Gasteiger partial charge in [0.2, 0.25) is 12.7 Å². The first kappa shape index (κ1) is 11.8. The second-order valence-corrected chi connectivity index (χ2v) is 4.51. The highest BCUT2D eigenvalue weighted by Gasteiger charge is 2.17. The van der Waals surface area contributed by atoms with Crippen LogP contribution in [0.1, 0.15) is 24.8 Å². The summed E-state index contributed by atoms with van der Waals surface area (Å²) in [6, 6.07) is 5.84. The van der Waals surface area contributed by atoms with Crippen LogP contribution in [0.3, 0.4) is 0 Å². The average Bonchev–Trinajstić information content (AvgIpc) is 2.75. The zero-order valence-corrected chi connectivity index (χ0v) is 10.4. The van der Waals surface area contributed by atoms with Crippen LogP contribution < -0.4 is 9.47 Å². The summed E-state index contributed by atoms with van der Waals surface area (Å²) in [5, 5.41) is 0. The molecule has 0 spiro atoms. The molecule has 1 aromatic carbocycles. The number of benzene rings is 1. The van der Waals surface area contributed by atoms with Crippen LogP contribution in [0.25, 0.3) is 0 Å². The molecule has 2 rings (SSSR count). The van der Waals surface area contributed by atoms with Gasteiger partial charge in [0.25, 0.3) is 0 Å². The Kier molecular flexibility index (Phi) is 3.22. The fourth-order valence-corrected chi connectivity index (χ4v) is 1.78. The highest BCUT2D eigenvalue weighted by molar-refractivity contribution is 5.76. The van der Waals surface area contributed by atoms with E-state index in [0.717, 1.165) is 17.1 Å². The zero-order chi connectivity index (χ0) is 12.4. The van der Waals surface area contributed by atoms with Gasteiger partial charge in [-0.1, -0.05) is 13.0 Å². The van der Waals surface area contributed by atoms with Crippen molar-refractivity contribution in [3.05, 3.63) is 23.8 Å². The molecule has 0 fully saturated rings. The molecule has 0 aliphatic carbocycles. The van der Waals surface area contributed by atoms with Crippen LogP contribution >= 0.6 is 0 Å². The van der Waals surface area contributed by atoms with Gasteiger partial charge in [0.1, 0.15) is 0 Å². The molecule has 1 heterocycles. The molecule has 1 aromatic rings. The van der Waals surface area contributed by atoms with Crippen molar-refractivity contribution >= 4 is 5.91 Å². The van der Waals surface area contributed by atoms with Gasteiger partial charge in [0, 0.05) is 20.5 Å². The predicted molar refractivity (Wildman–Crippen MR) is 64.3 cm³/mol. The van der Waals surface area contributed by atoms with Crippen molar-refractivity contribution in [3.63, 3.8) is 0 Å². The monoisotopic (exact) mass is 235 g/mol. The van der Waals surface area contributed by atoms with E-state index in [-0.39, 0.29) is 18.6 Å². The van der Waals surface area contributed by atoms with Gasteiger partial charge in [-0.3, -0.25) is 4.79 Å². The summed E-state index contributed by atoms with van der Waals surface area (Å²) in [6.07, 6.45) is 0.507. The van der Waals surface area contributed by atoms with Crippen molar-refractivity contribution in [1.82, 2.24) is 4.90 Å². The number of carbonyl (C=O) groups is 1. The maximum absolute atomic E-state index is 11.6. The fourth-order valence-electron chi connectivity index (χ4n) is 1.78. The number of hydrogen-bond acceptors (Lipinski definition) is 3. The summed E-state index contributed by atoms with van der Waals surface area (Å²) in [5.74, 6) is 1.86. The maximum Gasteiger partial charge on any atom is 0.231 e. The van der Waals surface area contributed by atoms with E-state index >= 15 is 0 Å². The molecule has 1 atom stereocenters. The van der Waals surface area contributed by atoms with Gasteiger partial charge < -0.3 is 14.4 Å². The van der Waals surface area contributed by atoms with Gasteiger partial charge in [-0.25, -0.2) is 0 Å². The fraction of sp³-hybridized carbons (Fsp3) is 0.462. The number of fused-ring (bicyclic) bond motifs is 1. The van der Waals surface area contributed by atoms with Crippen LogP contribution in [-0.4, -0.2) is 31.7 Å². The van der Waals surface area contributed by atoms with Crippen molar-refractivity contribution in [1.29, 1.82) is 0 Å². The third kappa shape index (κ3) is 2.52. The van der Waals surface area contributed by atoms with E-state index in [1.54, 1.807) is 19.0 Å². The number of ether oxygens (including phenoxy) is 2. The molecule has 0 saturated heterocycles. The molecule has 0 N–H and O–H groups in total. The van der Waals surface area contributed by atoms with Crippen molar-refractivity contribution in [2.75, 3.05) is 20.9 Å². The average molecular weight is 235 g/mol. The first-order valence-corrected chi connectivity index (χ1v) is 5.67. The Morgan fingerprint density at radius 1 is 1.35 bits per heavy atom. The summed E-state index contributed by atoms with van der Waals surface area (Å²) in [6.45, 7) is 2.32. The Bertz CT molecular complexity index is 429. The Labute approximate surface area is 101 Å². The van der Waals surface area contributed by atoms with E-state index < -0.39 is 0 Å². The van der Waals surface area contributed by atoms with E-state index in [2.05, 4.69) is 0 Å². The van der Waals surface area contributed by atoms with Gasteiger partial charge in [0.05, 0.1) is 0 Å². The Balaban J connectivity index is 2.09. The quantitative estimate of drug-likeness (QED) is 0.804. The lowest BCUT2D eigenvalue weighted by molar-refractivity contribution is -0.129. The van der Waals surface area contributed by atoms with E-state index in [1.165, 1.54) is 0 Å². The zero-order valence-electron chi connectivity index (χ0n) is 10.4. The highest BCUT2D eigenvalue weighted by Crippen LogP contribution is 2.35. The Morgan fingerprint density at radius 3 is 2.76 bits per heavy atom. The highest BCUT2D eigenvalue weighted by atomic mass is 16.7. The molecule has 1 aliphatic rings. The number of nitrogens with zero attached hydrogens (tertiary/aromatic N) is 1. The third-order valence-corrected chi connectivity index (χ3v) is 2.95. The molecule has 0 bridgehead atoms. The van der Waals surface area contributed by atoms with Crippen molar-refractivity contribution < 1.29 is 14.3 Å². The molecule has 4 nitrogen and oxygen atoms in total. The van der Waals surface area contributed by atoms with E-state index in [1.807, 2.05) is 25.1 Å². The van der Waals surface area contributed by atoms with E-state index in [4.69, 9.17) is 9.47 Å². The lowest BCUT2D eigenvalue weighted by Crippen LogP contribution is -2.22. The maximum atomic E-state index is 11.6. The molecule has 0 unspecified atom stereocenters. The first-order valence-electron chi connectivity index (χ1n) is 5.67. The normalized spacial score (nSPS) is 14.5. The van der Waals surface area contributed by atoms with Gasteiger partial charge in [0.15, 0.2) is 11.5 Å². The second kappa shape index (κ2) is 4.65. The predicted octanol–water partition coefficient (Wildman–Crippen LogP) is 2.00. The summed E-state index contributed by atoms with van der Waals surface area (Å²) >= 11 is 0. The van der Waals surface area contributed by atoms with Gasteiger partial charge in [-0.15, -0.1) is 0 Å². The largest absolute Gasteiger partial charge is 0.454 e. The molecule has 0 aromatic heterocycles. The Hall–Kier alpha value is -1.71. The van der Waals surface area contributed by atoms with Crippen LogP contribution in [0.5, 0.6) is 11.5 Å².